The molecule has 3 aromatic rings. The van der Waals surface area contributed by atoms with Crippen LogP contribution in [0, 0.1) is 29.4 Å². The number of halogens is 2. The van der Waals surface area contributed by atoms with Gasteiger partial charge >= 0.3 is 0 Å². The van der Waals surface area contributed by atoms with Gasteiger partial charge in [-0.05, 0) is 48.9 Å². The van der Waals surface area contributed by atoms with Crippen molar-refractivity contribution in [1.82, 2.24) is 20.7 Å². The Balaban J connectivity index is 1.32. The average Bonchev–Trinajstić information content (AvgIpc) is 3.44. The summed E-state index contributed by atoms with van der Waals surface area (Å²) < 4.78 is 32.3. The van der Waals surface area contributed by atoms with E-state index < -0.39 is 23.6 Å². The van der Waals surface area contributed by atoms with E-state index in [9.17, 15) is 23.5 Å². The highest BCUT2D eigenvalue weighted by molar-refractivity contribution is 5.93. The molecule has 1 fully saturated rings. The molecule has 4 atom stereocenters. The molecule has 10 heteroatoms. The van der Waals surface area contributed by atoms with E-state index in [0.717, 1.165) is 37.1 Å². The van der Waals surface area contributed by atoms with E-state index in [0.29, 0.717) is 13.1 Å². The van der Waals surface area contributed by atoms with Crippen LogP contribution in [-0.2, 0) is 11.2 Å². The summed E-state index contributed by atoms with van der Waals surface area (Å²) in [5.41, 5.74) is 1.05. The van der Waals surface area contributed by atoms with Crippen molar-refractivity contribution in [2.45, 2.75) is 25.9 Å². The molecule has 4 rings (SSSR count). The predicted octanol–water partition coefficient (Wildman–Crippen LogP) is 3.27. The second kappa shape index (κ2) is 12.9. The number of nitrogens with one attached hydrogen (secondary N) is 2. The lowest BCUT2D eigenvalue weighted by Gasteiger charge is -2.38. The number of nitrogens with zero attached hydrogens (tertiary/aromatic N) is 2. The zero-order valence-corrected chi connectivity index (χ0v) is 22.1. The number of benzene rings is 2. The van der Waals surface area contributed by atoms with Gasteiger partial charge in [0, 0.05) is 38.8 Å². The lowest BCUT2D eigenvalue weighted by Crippen LogP contribution is -2.50. The van der Waals surface area contributed by atoms with Crippen LogP contribution in [0.15, 0.2) is 59.1 Å². The number of aromatic nitrogens is 1. The number of hydrogen-bond acceptors (Lipinski definition) is 6. The van der Waals surface area contributed by atoms with Crippen LogP contribution in [0.3, 0.4) is 0 Å². The molecule has 39 heavy (non-hydrogen) atoms. The number of aliphatic hydroxyl groups excluding tert-OH is 1. The molecule has 8 nitrogen and oxygen atoms in total. The summed E-state index contributed by atoms with van der Waals surface area (Å²) in [6.45, 7) is 3.71. The molecule has 0 bridgehead atoms. The van der Waals surface area contributed by atoms with Crippen molar-refractivity contribution in [3.05, 3.63) is 77.5 Å². The number of carbonyl (C=O) groups excluding carboxylic acids is 2. The highest BCUT2D eigenvalue weighted by Crippen LogP contribution is 2.31. The van der Waals surface area contributed by atoms with Crippen molar-refractivity contribution in [3.8, 4) is 11.3 Å². The number of hydrogen-bond donors (Lipinski definition) is 3. The molecule has 0 radical (unpaired) electrons. The molecule has 1 aliphatic heterocycles. The molecule has 0 unspecified atom stereocenters. The van der Waals surface area contributed by atoms with E-state index >= 15 is 0 Å². The SMILES string of the molecule is C[C@@H]([C@H]1CCNC[C@@H]1C(=O)N(C)CCc1ccccc1)[C@@H](O)CNC(=O)c1cc(-c2ccc(F)cc2F)on1. The normalized spacial score (nSPS) is 18.8. The Morgan fingerprint density at radius 3 is 2.72 bits per heavy atom. The Morgan fingerprint density at radius 2 is 1.97 bits per heavy atom. The first-order valence-electron chi connectivity index (χ1n) is 13.1. The Morgan fingerprint density at radius 1 is 1.21 bits per heavy atom. The third kappa shape index (κ3) is 7.07. The number of piperidine rings is 1. The summed E-state index contributed by atoms with van der Waals surface area (Å²) >= 11 is 0. The fourth-order valence-corrected chi connectivity index (χ4v) is 5.07. The van der Waals surface area contributed by atoms with Crippen LogP contribution >= 0.6 is 0 Å². The Labute approximate surface area is 226 Å². The lowest BCUT2D eigenvalue weighted by atomic mass is 9.75. The molecule has 1 aliphatic rings. The maximum atomic E-state index is 14.0. The summed E-state index contributed by atoms with van der Waals surface area (Å²) in [6, 6.07) is 14.3. The molecular formula is C29H34F2N4O4. The van der Waals surface area contributed by atoms with Crippen molar-refractivity contribution in [2.75, 3.05) is 33.2 Å². The predicted molar refractivity (Wildman–Crippen MR) is 142 cm³/mol. The van der Waals surface area contributed by atoms with E-state index in [1.165, 1.54) is 12.1 Å². The van der Waals surface area contributed by atoms with Crippen LogP contribution in [0.2, 0.25) is 0 Å². The number of likely N-dealkylation sites (N-methyl/N-ethyl adjacent to an activating group) is 1. The van der Waals surface area contributed by atoms with Gasteiger partial charge in [0.25, 0.3) is 5.91 Å². The van der Waals surface area contributed by atoms with Gasteiger partial charge in [-0.3, -0.25) is 9.59 Å². The van der Waals surface area contributed by atoms with Crippen molar-refractivity contribution >= 4 is 11.8 Å². The quantitative estimate of drug-likeness (QED) is 0.364. The van der Waals surface area contributed by atoms with Gasteiger partial charge in [0.2, 0.25) is 5.91 Å². The van der Waals surface area contributed by atoms with Crippen LogP contribution in [-0.4, -0.2) is 66.3 Å². The maximum Gasteiger partial charge on any atom is 0.273 e. The largest absolute Gasteiger partial charge is 0.391 e. The average molecular weight is 541 g/mol. The smallest absolute Gasteiger partial charge is 0.273 e. The second-order valence-corrected chi connectivity index (χ2v) is 10.1. The van der Waals surface area contributed by atoms with Crippen LogP contribution in [0.5, 0.6) is 0 Å². The number of amides is 2. The van der Waals surface area contributed by atoms with E-state index in [1.807, 2.05) is 44.3 Å². The summed E-state index contributed by atoms with van der Waals surface area (Å²) in [5.74, 6) is -2.75. The fourth-order valence-electron chi connectivity index (χ4n) is 5.07. The van der Waals surface area contributed by atoms with Gasteiger partial charge in [-0.1, -0.05) is 42.4 Å². The summed E-state index contributed by atoms with van der Waals surface area (Å²) in [6.07, 6.45) is 0.587. The van der Waals surface area contributed by atoms with Gasteiger partial charge in [0.15, 0.2) is 11.5 Å². The molecule has 0 spiro atoms. The molecule has 1 saturated heterocycles. The first-order chi connectivity index (χ1) is 18.7. The van der Waals surface area contributed by atoms with Crippen molar-refractivity contribution < 1.29 is 28.0 Å². The molecule has 0 saturated carbocycles. The Hall–Kier alpha value is -3.63. The van der Waals surface area contributed by atoms with E-state index in [1.54, 1.807) is 4.90 Å². The number of rotatable bonds is 10. The van der Waals surface area contributed by atoms with Crippen LogP contribution in [0.25, 0.3) is 11.3 Å². The zero-order valence-electron chi connectivity index (χ0n) is 22.1. The molecule has 2 amide bonds. The first kappa shape index (κ1) is 28.4. The van der Waals surface area contributed by atoms with Crippen molar-refractivity contribution in [2.24, 2.45) is 17.8 Å². The minimum atomic E-state index is -0.900. The number of carbonyl (C=O) groups is 2. The summed E-state index contributed by atoms with van der Waals surface area (Å²) in [5, 5.41) is 20.5. The molecule has 2 aromatic carbocycles. The minimum Gasteiger partial charge on any atom is -0.391 e. The Bertz CT molecular complexity index is 1270. The molecular weight excluding hydrogens is 506 g/mol. The van der Waals surface area contributed by atoms with E-state index in [4.69, 9.17) is 4.52 Å². The van der Waals surface area contributed by atoms with Gasteiger partial charge in [-0.25, -0.2) is 8.78 Å². The van der Waals surface area contributed by atoms with E-state index in [2.05, 4.69) is 15.8 Å². The van der Waals surface area contributed by atoms with Gasteiger partial charge < -0.3 is 25.2 Å². The highest BCUT2D eigenvalue weighted by Gasteiger charge is 2.38. The van der Waals surface area contributed by atoms with Crippen molar-refractivity contribution in [3.63, 3.8) is 0 Å². The molecule has 0 aliphatic carbocycles. The Kier molecular flexibility index (Phi) is 9.42. The van der Waals surface area contributed by atoms with Crippen LogP contribution in [0.4, 0.5) is 8.78 Å². The van der Waals surface area contributed by atoms with Gasteiger partial charge in [-0.2, -0.15) is 0 Å². The molecule has 208 valence electrons. The molecule has 3 N–H and O–H groups in total. The van der Waals surface area contributed by atoms with Crippen molar-refractivity contribution in [1.29, 1.82) is 0 Å². The fraction of sp³-hybridized carbons (Fsp3) is 0.414. The van der Waals surface area contributed by atoms with Gasteiger partial charge in [-0.15, -0.1) is 0 Å². The zero-order chi connectivity index (χ0) is 27.9. The number of aliphatic hydroxyl groups is 1. The first-order valence-corrected chi connectivity index (χ1v) is 13.1. The molecule has 2 heterocycles. The third-order valence-corrected chi connectivity index (χ3v) is 7.50. The summed E-state index contributed by atoms with van der Waals surface area (Å²) in [4.78, 5) is 27.7. The topological polar surface area (TPSA) is 108 Å². The van der Waals surface area contributed by atoms with Crippen LogP contribution < -0.4 is 10.6 Å². The van der Waals surface area contributed by atoms with E-state index in [-0.39, 0.29) is 47.2 Å². The summed E-state index contributed by atoms with van der Waals surface area (Å²) in [7, 11) is 1.81. The third-order valence-electron chi connectivity index (χ3n) is 7.50. The van der Waals surface area contributed by atoms with Crippen LogP contribution in [0.1, 0.15) is 29.4 Å². The lowest BCUT2D eigenvalue weighted by molar-refractivity contribution is -0.138. The van der Waals surface area contributed by atoms with Gasteiger partial charge in [0.05, 0.1) is 17.6 Å². The second-order valence-electron chi connectivity index (χ2n) is 10.1. The highest BCUT2D eigenvalue weighted by atomic mass is 19.1. The minimum absolute atomic E-state index is 0.0148. The maximum absolute atomic E-state index is 14.0. The monoisotopic (exact) mass is 540 g/mol. The standard InChI is InChI=1S/C29H34F2N4O4/c1-18(21-10-12-32-16-23(21)29(38)35(2)13-11-19-6-4-3-5-7-19)26(36)17-33-28(37)25-15-27(39-34-25)22-9-8-20(30)14-24(22)31/h3-9,14-15,18,21,23,26,32,36H,10-13,16-17H2,1-2H3,(H,33,37)/t18-,21+,23-,26-/m0/s1. The van der Waals surface area contributed by atoms with Gasteiger partial charge in [0.1, 0.15) is 11.6 Å². The molecule has 1 aromatic heterocycles.